The molecule has 0 saturated carbocycles. The summed E-state index contributed by atoms with van der Waals surface area (Å²) in [5.74, 6) is -0.641. The van der Waals surface area contributed by atoms with E-state index < -0.39 is 5.97 Å². The second-order valence-electron chi connectivity index (χ2n) is 2.93. The number of hydrogen-bond acceptors (Lipinski definition) is 5. The third-order valence-corrected chi connectivity index (χ3v) is 2.90. The minimum atomic E-state index is -1.03. The molecule has 0 fully saturated rings. The molecular formula is C8H8N4O2S. The molecule has 0 aliphatic rings. The van der Waals surface area contributed by atoms with E-state index in [9.17, 15) is 4.79 Å². The monoisotopic (exact) mass is 224 g/mol. The number of carboxylic acids is 1. The number of aromatic nitrogens is 3. The Kier molecular flexibility index (Phi) is 2.16. The van der Waals surface area contributed by atoms with Gasteiger partial charge in [0.1, 0.15) is 10.8 Å². The van der Waals surface area contributed by atoms with Crippen LogP contribution < -0.4 is 5.73 Å². The van der Waals surface area contributed by atoms with Crippen molar-refractivity contribution in [2.75, 3.05) is 5.73 Å². The molecule has 0 aliphatic carbocycles. The fourth-order valence-electron chi connectivity index (χ4n) is 1.18. The molecular weight excluding hydrogens is 216 g/mol. The van der Waals surface area contributed by atoms with Crippen LogP contribution in [-0.4, -0.2) is 26.3 Å². The van der Waals surface area contributed by atoms with E-state index >= 15 is 0 Å². The zero-order valence-electron chi connectivity index (χ0n) is 7.81. The van der Waals surface area contributed by atoms with Crippen molar-refractivity contribution in [2.24, 2.45) is 0 Å². The van der Waals surface area contributed by atoms with Gasteiger partial charge in [0.05, 0.1) is 11.8 Å². The molecule has 7 heteroatoms. The number of H-pyrrole nitrogens is 1. The maximum absolute atomic E-state index is 10.8. The molecule has 0 unspecified atom stereocenters. The van der Waals surface area contributed by atoms with E-state index in [1.54, 1.807) is 6.92 Å². The summed E-state index contributed by atoms with van der Waals surface area (Å²) in [6.07, 6.45) is 1.53. The van der Waals surface area contributed by atoms with Crippen molar-refractivity contribution in [3.63, 3.8) is 0 Å². The third kappa shape index (κ3) is 1.57. The van der Waals surface area contributed by atoms with Gasteiger partial charge in [-0.2, -0.15) is 5.10 Å². The highest BCUT2D eigenvalue weighted by Crippen LogP contribution is 2.30. The Morgan fingerprint density at radius 1 is 1.67 bits per heavy atom. The van der Waals surface area contributed by atoms with E-state index in [1.165, 1.54) is 17.5 Å². The van der Waals surface area contributed by atoms with Gasteiger partial charge in [0.2, 0.25) is 0 Å². The molecule has 15 heavy (non-hydrogen) atoms. The largest absolute Gasteiger partial charge is 0.476 e. The standard InChI is InChI=1S/C8H8N4O2S/c1-3-5(8(13)14)11-7(15-3)4-2-10-12-6(4)9/h2H,1H3,(H,13,14)(H3,9,10,12). The van der Waals surface area contributed by atoms with Gasteiger partial charge in [0.15, 0.2) is 5.69 Å². The first-order chi connectivity index (χ1) is 7.09. The van der Waals surface area contributed by atoms with Crippen molar-refractivity contribution in [3.8, 4) is 10.6 Å². The molecule has 4 N–H and O–H groups in total. The molecule has 0 spiro atoms. The van der Waals surface area contributed by atoms with Crippen molar-refractivity contribution >= 4 is 23.1 Å². The quantitative estimate of drug-likeness (QED) is 0.709. The lowest BCUT2D eigenvalue weighted by Crippen LogP contribution is -1.98. The Labute approximate surface area is 88.8 Å². The lowest BCUT2D eigenvalue weighted by molar-refractivity contribution is 0.0690. The van der Waals surface area contributed by atoms with Crippen LogP contribution >= 0.6 is 11.3 Å². The summed E-state index contributed by atoms with van der Waals surface area (Å²) in [7, 11) is 0. The number of nitrogen functional groups attached to an aromatic ring is 1. The predicted octanol–water partition coefficient (Wildman–Crippen LogP) is 1.12. The molecule has 2 aromatic heterocycles. The van der Waals surface area contributed by atoms with Crippen LogP contribution in [0.2, 0.25) is 0 Å². The summed E-state index contributed by atoms with van der Waals surface area (Å²) >= 11 is 1.28. The Balaban J connectivity index is 2.52. The van der Waals surface area contributed by atoms with Gasteiger partial charge in [0.25, 0.3) is 0 Å². The fourth-order valence-corrected chi connectivity index (χ4v) is 2.11. The van der Waals surface area contributed by atoms with Gasteiger partial charge in [0, 0.05) is 4.88 Å². The van der Waals surface area contributed by atoms with Crippen molar-refractivity contribution in [1.82, 2.24) is 15.2 Å². The number of nitrogens with zero attached hydrogens (tertiary/aromatic N) is 2. The van der Waals surface area contributed by atoms with Crippen LogP contribution in [0.15, 0.2) is 6.20 Å². The van der Waals surface area contributed by atoms with Crippen molar-refractivity contribution in [2.45, 2.75) is 6.92 Å². The number of thiazole rings is 1. The first kappa shape index (κ1) is 9.66. The number of carbonyl (C=O) groups is 1. The fraction of sp³-hybridized carbons (Fsp3) is 0.125. The van der Waals surface area contributed by atoms with Crippen molar-refractivity contribution < 1.29 is 9.90 Å². The van der Waals surface area contributed by atoms with Crippen LogP contribution in [0.5, 0.6) is 0 Å². The lowest BCUT2D eigenvalue weighted by atomic mass is 10.3. The zero-order valence-corrected chi connectivity index (χ0v) is 8.63. The lowest BCUT2D eigenvalue weighted by Gasteiger charge is -1.90. The number of carboxylic acid groups (broad SMARTS) is 1. The molecule has 0 radical (unpaired) electrons. The molecule has 0 aromatic carbocycles. The maximum Gasteiger partial charge on any atom is 0.355 e. The van der Waals surface area contributed by atoms with E-state index in [-0.39, 0.29) is 5.69 Å². The molecule has 0 aliphatic heterocycles. The van der Waals surface area contributed by atoms with Gasteiger partial charge in [-0.05, 0) is 6.92 Å². The van der Waals surface area contributed by atoms with Crippen LogP contribution in [0.1, 0.15) is 15.4 Å². The number of aromatic amines is 1. The third-order valence-electron chi connectivity index (χ3n) is 1.90. The molecule has 0 amide bonds. The Morgan fingerprint density at radius 3 is 2.87 bits per heavy atom. The molecule has 6 nitrogen and oxygen atoms in total. The first-order valence-electron chi connectivity index (χ1n) is 4.09. The smallest absolute Gasteiger partial charge is 0.355 e. The van der Waals surface area contributed by atoms with Crippen LogP contribution in [0.4, 0.5) is 5.82 Å². The van der Waals surface area contributed by atoms with Crippen LogP contribution in [0.25, 0.3) is 10.6 Å². The molecule has 0 saturated heterocycles. The summed E-state index contributed by atoms with van der Waals surface area (Å²) in [5.41, 5.74) is 6.31. The molecule has 2 rings (SSSR count). The minimum absolute atomic E-state index is 0.0654. The highest BCUT2D eigenvalue weighted by molar-refractivity contribution is 7.15. The van der Waals surface area contributed by atoms with Gasteiger partial charge in [-0.1, -0.05) is 0 Å². The number of aromatic carboxylic acids is 1. The van der Waals surface area contributed by atoms with Crippen LogP contribution in [-0.2, 0) is 0 Å². The number of hydrogen-bond donors (Lipinski definition) is 3. The Hall–Kier alpha value is -1.89. The van der Waals surface area contributed by atoms with E-state index in [0.717, 1.165) is 0 Å². The average Bonchev–Trinajstić information content (AvgIpc) is 2.71. The number of nitrogens with one attached hydrogen (secondary N) is 1. The number of anilines is 1. The molecule has 2 heterocycles. The summed E-state index contributed by atoms with van der Waals surface area (Å²) in [5, 5.41) is 15.7. The van der Waals surface area contributed by atoms with Crippen LogP contribution in [0, 0.1) is 6.92 Å². The Morgan fingerprint density at radius 2 is 2.40 bits per heavy atom. The average molecular weight is 224 g/mol. The van der Waals surface area contributed by atoms with E-state index in [0.29, 0.717) is 21.3 Å². The van der Waals surface area contributed by atoms with Gasteiger partial charge in [-0.15, -0.1) is 11.3 Å². The Bertz CT molecular complexity index is 516. The van der Waals surface area contributed by atoms with Crippen molar-refractivity contribution in [3.05, 3.63) is 16.8 Å². The summed E-state index contributed by atoms with van der Waals surface area (Å²) in [6.45, 7) is 1.71. The topological polar surface area (TPSA) is 105 Å². The number of nitrogens with two attached hydrogens (primary N) is 1. The second kappa shape index (κ2) is 3.35. The molecule has 78 valence electrons. The molecule has 0 bridgehead atoms. The van der Waals surface area contributed by atoms with Gasteiger partial charge < -0.3 is 10.8 Å². The van der Waals surface area contributed by atoms with E-state index in [2.05, 4.69) is 15.2 Å². The summed E-state index contributed by atoms with van der Waals surface area (Å²) in [6, 6.07) is 0. The SMILES string of the molecule is Cc1sc(-c2cn[nH]c2N)nc1C(=O)O. The second-order valence-corrected chi connectivity index (χ2v) is 4.13. The number of aryl methyl sites for hydroxylation is 1. The summed E-state index contributed by atoms with van der Waals surface area (Å²) < 4.78 is 0. The van der Waals surface area contributed by atoms with Crippen LogP contribution in [0.3, 0.4) is 0 Å². The van der Waals surface area contributed by atoms with Crippen molar-refractivity contribution in [1.29, 1.82) is 0 Å². The maximum atomic E-state index is 10.8. The summed E-state index contributed by atoms with van der Waals surface area (Å²) in [4.78, 5) is 15.4. The normalized spacial score (nSPS) is 10.5. The van der Waals surface area contributed by atoms with Gasteiger partial charge >= 0.3 is 5.97 Å². The minimum Gasteiger partial charge on any atom is -0.476 e. The molecule has 2 aromatic rings. The highest BCUT2D eigenvalue weighted by Gasteiger charge is 2.17. The predicted molar refractivity (Wildman–Crippen MR) is 55.8 cm³/mol. The zero-order chi connectivity index (χ0) is 11.0. The number of rotatable bonds is 2. The first-order valence-corrected chi connectivity index (χ1v) is 4.91. The molecule has 0 atom stereocenters. The van der Waals surface area contributed by atoms with E-state index in [4.69, 9.17) is 10.8 Å². The van der Waals surface area contributed by atoms with Gasteiger partial charge in [-0.3, -0.25) is 5.10 Å². The highest BCUT2D eigenvalue weighted by atomic mass is 32.1. The van der Waals surface area contributed by atoms with E-state index in [1.807, 2.05) is 0 Å². The van der Waals surface area contributed by atoms with Gasteiger partial charge in [-0.25, -0.2) is 9.78 Å².